The zero-order chi connectivity index (χ0) is 13.1. The van der Waals surface area contributed by atoms with E-state index >= 15 is 0 Å². The molecule has 2 heterocycles. The molecule has 2 aliphatic rings. The van der Waals surface area contributed by atoms with Gasteiger partial charge >= 0.3 is 0 Å². The zero-order valence-corrected chi connectivity index (χ0v) is 11.2. The second kappa shape index (κ2) is 5.69. The number of hydrogen-bond acceptors (Lipinski definition) is 3. The SMILES string of the molecule is CC(C)C(=O)NCCNC(=O)C1CC2CCC1N2. The van der Waals surface area contributed by atoms with E-state index in [1.807, 2.05) is 13.8 Å². The number of nitrogens with one attached hydrogen (secondary N) is 3. The van der Waals surface area contributed by atoms with Gasteiger partial charge in [0.2, 0.25) is 11.8 Å². The average molecular weight is 253 g/mol. The molecule has 3 atom stereocenters. The molecule has 2 amide bonds. The molecule has 18 heavy (non-hydrogen) atoms. The van der Waals surface area contributed by atoms with Gasteiger partial charge in [-0.1, -0.05) is 13.8 Å². The topological polar surface area (TPSA) is 70.2 Å². The number of carbonyl (C=O) groups excluding carboxylic acids is 2. The van der Waals surface area contributed by atoms with Crippen LogP contribution in [-0.4, -0.2) is 37.0 Å². The normalized spacial score (nSPS) is 29.6. The Morgan fingerprint density at radius 3 is 2.50 bits per heavy atom. The highest BCUT2D eigenvalue weighted by Gasteiger charge is 2.42. The molecule has 0 aromatic rings. The minimum Gasteiger partial charge on any atom is -0.354 e. The summed E-state index contributed by atoms with van der Waals surface area (Å²) in [6.45, 7) is 4.74. The van der Waals surface area contributed by atoms with Crippen LogP contribution in [0, 0.1) is 11.8 Å². The fourth-order valence-corrected chi connectivity index (χ4v) is 2.82. The first kappa shape index (κ1) is 13.3. The predicted octanol–water partition coefficient (Wildman–Crippen LogP) is 0.0153. The molecule has 2 aliphatic heterocycles. The van der Waals surface area contributed by atoms with Crippen LogP contribution < -0.4 is 16.0 Å². The van der Waals surface area contributed by atoms with Crippen LogP contribution in [0.4, 0.5) is 0 Å². The van der Waals surface area contributed by atoms with Gasteiger partial charge in [-0.15, -0.1) is 0 Å². The third kappa shape index (κ3) is 3.02. The summed E-state index contributed by atoms with van der Waals surface area (Å²) in [5.74, 6) is 0.291. The maximum absolute atomic E-state index is 11.9. The summed E-state index contributed by atoms with van der Waals surface area (Å²) in [6.07, 6.45) is 3.29. The minimum atomic E-state index is -0.00420. The summed E-state index contributed by atoms with van der Waals surface area (Å²) in [5.41, 5.74) is 0. The van der Waals surface area contributed by atoms with Gasteiger partial charge < -0.3 is 16.0 Å². The molecule has 2 fully saturated rings. The molecule has 5 heteroatoms. The fraction of sp³-hybridized carbons (Fsp3) is 0.846. The molecule has 2 rings (SSSR count). The first-order chi connectivity index (χ1) is 8.58. The maximum atomic E-state index is 11.9. The Hall–Kier alpha value is -1.10. The quantitative estimate of drug-likeness (QED) is 0.605. The summed E-state index contributed by atoms with van der Waals surface area (Å²) < 4.78 is 0. The van der Waals surface area contributed by atoms with Crippen molar-refractivity contribution in [3.05, 3.63) is 0 Å². The maximum Gasteiger partial charge on any atom is 0.224 e. The van der Waals surface area contributed by atoms with E-state index in [0.29, 0.717) is 25.2 Å². The minimum absolute atomic E-state index is 0.00420. The van der Waals surface area contributed by atoms with E-state index in [1.165, 1.54) is 6.42 Å². The third-order valence-electron chi connectivity index (χ3n) is 3.88. The average Bonchev–Trinajstić information content (AvgIpc) is 2.95. The number of hydrogen-bond donors (Lipinski definition) is 3. The van der Waals surface area contributed by atoms with Crippen LogP contribution in [0.15, 0.2) is 0 Å². The summed E-state index contributed by atoms with van der Waals surface area (Å²) in [4.78, 5) is 23.3. The van der Waals surface area contributed by atoms with Crippen molar-refractivity contribution in [1.82, 2.24) is 16.0 Å². The fourth-order valence-electron chi connectivity index (χ4n) is 2.82. The lowest BCUT2D eigenvalue weighted by Gasteiger charge is -2.19. The Bertz CT molecular complexity index is 330. The van der Waals surface area contributed by atoms with Crippen molar-refractivity contribution in [2.24, 2.45) is 11.8 Å². The highest BCUT2D eigenvalue weighted by Crippen LogP contribution is 2.33. The molecule has 0 aromatic heterocycles. The van der Waals surface area contributed by atoms with Gasteiger partial charge in [-0.25, -0.2) is 0 Å². The molecule has 102 valence electrons. The molecule has 2 saturated heterocycles. The summed E-state index contributed by atoms with van der Waals surface area (Å²) in [7, 11) is 0. The van der Waals surface area contributed by atoms with Crippen LogP contribution in [0.3, 0.4) is 0 Å². The van der Waals surface area contributed by atoms with E-state index in [9.17, 15) is 9.59 Å². The monoisotopic (exact) mass is 253 g/mol. The predicted molar refractivity (Wildman–Crippen MR) is 68.9 cm³/mol. The highest BCUT2D eigenvalue weighted by molar-refractivity contribution is 5.80. The van der Waals surface area contributed by atoms with Gasteiger partial charge in [-0.3, -0.25) is 9.59 Å². The van der Waals surface area contributed by atoms with E-state index in [0.717, 1.165) is 12.8 Å². The van der Waals surface area contributed by atoms with Crippen molar-refractivity contribution < 1.29 is 9.59 Å². The van der Waals surface area contributed by atoms with Crippen LogP contribution >= 0.6 is 0 Å². The van der Waals surface area contributed by atoms with Crippen LogP contribution in [0.1, 0.15) is 33.1 Å². The molecule has 2 bridgehead atoms. The first-order valence-corrected chi connectivity index (χ1v) is 6.89. The molecule has 3 unspecified atom stereocenters. The van der Waals surface area contributed by atoms with Gasteiger partial charge in [0.15, 0.2) is 0 Å². The number of amides is 2. The molecular formula is C13H23N3O2. The summed E-state index contributed by atoms with van der Waals surface area (Å²) in [5, 5.41) is 9.15. The van der Waals surface area contributed by atoms with Gasteiger partial charge in [0.1, 0.15) is 0 Å². The molecule has 0 radical (unpaired) electrons. The highest BCUT2D eigenvalue weighted by atomic mass is 16.2. The smallest absolute Gasteiger partial charge is 0.224 e. The van der Waals surface area contributed by atoms with Gasteiger partial charge in [-0.2, -0.15) is 0 Å². The first-order valence-electron chi connectivity index (χ1n) is 6.89. The molecule has 0 saturated carbocycles. The van der Waals surface area contributed by atoms with Crippen molar-refractivity contribution in [1.29, 1.82) is 0 Å². The summed E-state index contributed by atoms with van der Waals surface area (Å²) >= 11 is 0. The zero-order valence-electron chi connectivity index (χ0n) is 11.2. The molecule has 5 nitrogen and oxygen atoms in total. The van der Waals surface area contributed by atoms with E-state index in [-0.39, 0.29) is 23.7 Å². The number of carbonyl (C=O) groups is 2. The Kier molecular flexibility index (Phi) is 4.22. The van der Waals surface area contributed by atoms with Gasteiger partial charge in [-0.05, 0) is 19.3 Å². The Labute approximate surface area is 108 Å². The second-order valence-electron chi connectivity index (χ2n) is 5.63. The molecule has 0 spiro atoms. The number of fused-ring (bicyclic) bond motifs is 2. The van der Waals surface area contributed by atoms with Crippen molar-refractivity contribution in [3.8, 4) is 0 Å². The third-order valence-corrected chi connectivity index (χ3v) is 3.88. The standard InChI is InChI=1S/C13H23N3O2/c1-8(2)12(17)14-5-6-15-13(18)10-7-9-3-4-11(10)16-9/h8-11,16H,3-7H2,1-2H3,(H,14,17)(H,15,18). The van der Waals surface area contributed by atoms with Crippen LogP contribution in [0.25, 0.3) is 0 Å². The molecule has 0 aliphatic carbocycles. The van der Waals surface area contributed by atoms with Crippen molar-refractivity contribution in [3.63, 3.8) is 0 Å². The molecule has 3 N–H and O–H groups in total. The van der Waals surface area contributed by atoms with Crippen molar-refractivity contribution in [2.45, 2.75) is 45.2 Å². The molecule has 0 aromatic carbocycles. The van der Waals surface area contributed by atoms with E-state index in [4.69, 9.17) is 0 Å². The lowest BCUT2D eigenvalue weighted by molar-refractivity contribution is -0.126. The van der Waals surface area contributed by atoms with Crippen molar-refractivity contribution in [2.75, 3.05) is 13.1 Å². The van der Waals surface area contributed by atoms with Crippen molar-refractivity contribution >= 4 is 11.8 Å². The molecular weight excluding hydrogens is 230 g/mol. The lowest BCUT2D eigenvalue weighted by atomic mass is 9.88. The second-order valence-corrected chi connectivity index (χ2v) is 5.63. The lowest BCUT2D eigenvalue weighted by Crippen LogP contribution is -2.41. The Morgan fingerprint density at radius 1 is 1.22 bits per heavy atom. The van der Waals surface area contributed by atoms with E-state index < -0.39 is 0 Å². The van der Waals surface area contributed by atoms with Crippen LogP contribution in [0.2, 0.25) is 0 Å². The van der Waals surface area contributed by atoms with Gasteiger partial charge in [0.25, 0.3) is 0 Å². The van der Waals surface area contributed by atoms with Crippen LogP contribution in [-0.2, 0) is 9.59 Å². The Balaban J connectivity index is 1.62. The van der Waals surface area contributed by atoms with E-state index in [1.54, 1.807) is 0 Å². The van der Waals surface area contributed by atoms with E-state index in [2.05, 4.69) is 16.0 Å². The summed E-state index contributed by atoms with van der Waals surface area (Å²) in [6, 6.07) is 0.923. The largest absolute Gasteiger partial charge is 0.354 e. The Morgan fingerprint density at radius 2 is 1.94 bits per heavy atom. The van der Waals surface area contributed by atoms with Crippen LogP contribution in [0.5, 0.6) is 0 Å². The van der Waals surface area contributed by atoms with Gasteiger partial charge in [0, 0.05) is 31.1 Å². The number of rotatable bonds is 5. The van der Waals surface area contributed by atoms with Gasteiger partial charge in [0.05, 0.1) is 5.92 Å².